The number of amides is 1. The van der Waals surface area contributed by atoms with E-state index in [1.165, 1.54) is 0 Å². The second kappa shape index (κ2) is 12.5. The summed E-state index contributed by atoms with van der Waals surface area (Å²) in [5, 5.41) is 1.22. The maximum absolute atomic E-state index is 13.1. The molecule has 2 aromatic rings. The number of carbonyl (C=O) groups excluding carboxylic acids is 1. The Labute approximate surface area is 207 Å². The van der Waals surface area contributed by atoms with Crippen molar-refractivity contribution in [1.29, 1.82) is 0 Å². The van der Waals surface area contributed by atoms with Crippen LogP contribution in [0.4, 0.5) is 0 Å². The summed E-state index contributed by atoms with van der Waals surface area (Å²) in [4.78, 5) is 19.7. The zero-order valence-corrected chi connectivity index (χ0v) is 21.2. The van der Waals surface area contributed by atoms with Gasteiger partial charge in [-0.05, 0) is 69.5 Å². The summed E-state index contributed by atoms with van der Waals surface area (Å²) in [7, 11) is 5.78. The number of carbonyl (C=O) groups is 1. The van der Waals surface area contributed by atoms with Crippen molar-refractivity contribution in [2.45, 2.75) is 12.8 Å². The van der Waals surface area contributed by atoms with Crippen molar-refractivity contribution < 1.29 is 14.3 Å². The summed E-state index contributed by atoms with van der Waals surface area (Å²) >= 11 is 12.2. The molecule has 6 nitrogen and oxygen atoms in total. The second-order valence-corrected chi connectivity index (χ2v) is 9.33. The van der Waals surface area contributed by atoms with Gasteiger partial charge in [-0.25, -0.2) is 0 Å². The van der Waals surface area contributed by atoms with E-state index in [1.807, 2.05) is 17.0 Å². The quantitative estimate of drug-likeness (QED) is 0.492. The molecular weight excluding hydrogens is 461 g/mol. The molecule has 0 N–H and O–H groups in total. The monoisotopic (exact) mass is 493 g/mol. The molecule has 1 saturated heterocycles. The molecule has 1 heterocycles. The third-order valence-corrected chi connectivity index (χ3v) is 6.38. The number of rotatable bonds is 10. The zero-order chi connectivity index (χ0) is 23.8. The third kappa shape index (κ3) is 7.51. The van der Waals surface area contributed by atoms with Crippen LogP contribution in [0.5, 0.6) is 11.5 Å². The summed E-state index contributed by atoms with van der Waals surface area (Å²) in [6, 6.07) is 10.8. The van der Waals surface area contributed by atoms with Crippen LogP contribution in [0.3, 0.4) is 0 Å². The van der Waals surface area contributed by atoms with E-state index < -0.39 is 0 Å². The molecule has 1 amide bonds. The van der Waals surface area contributed by atoms with Crippen molar-refractivity contribution in [3.05, 3.63) is 57.6 Å². The maximum atomic E-state index is 13.1. The lowest BCUT2D eigenvalue weighted by atomic mass is 10.1. The van der Waals surface area contributed by atoms with Crippen molar-refractivity contribution in [2.24, 2.45) is 0 Å². The van der Waals surface area contributed by atoms with Gasteiger partial charge in [0, 0.05) is 48.2 Å². The molecule has 0 saturated carbocycles. The zero-order valence-electron chi connectivity index (χ0n) is 19.7. The highest BCUT2D eigenvalue weighted by Crippen LogP contribution is 2.29. The Morgan fingerprint density at radius 2 is 1.79 bits per heavy atom. The largest absolute Gasteiger partial charge is 0.493 e. The first-order valence-corrected chi connectivity index (χ1v) is 12.0. The van der Waals surface area contributed by atoms with Crippen molar-refractivity contribution in [1.82, 2.24) is 14.7 Å². The summed E-state index contributed by atoms with van der Waals surface area (Å²) in [6.07, 6.45) is 1.76. The van der Waals surface area contributed by atoms with Crippen molar-refractivity contribution in [3.8, 4) is 11.5 Å². The lowest BCUT2D eigenvalue weighted by molar-refractivity contribution is 0.0633. The minimum atomic E-state index is 0.0243. The number of hydrogen-bond donors (Lipinski definition) is 0. The van der Waals surface area contributed by atoms with Crippen molar-refractivity contribution in [2.75, 3.05) is 67.1 Å². The van der Waals surface area contributed by atoms with Crippen LogP contribution in [-0.2, 0) is 6.42 Å². The summed E-state index contributed by atoms with van der Waals surface area (Å²) in [6.45, 7) is 5.83. The second-order valence-electron chi connectivity index (χ2n) is 8.49. The molecule has 33 heavy (non-hydrogen) atoms. The number of benzene rings is 2. The number of hydrogen-bond acceptors (Lipinski definition) is 5. The molecule has 2 aromatic carbocycles. The van der Waals surface area contributed by atoms with Gasteiger partial charge in [0.05, 0.1) is 13.7 Å². The van der Waals surface area contributed by atoms with E-state index >= 15 is 0 Å². The number of piperazine rings is 1. The molecule has 0 aromatic heterocycles. The van der Waals surface area contributed by atoms with Crippen LogP contribution in [0.1, 0.15) is 22.3 Å². The van der Waals surface area contributed by atoms with Crippen LogP contribution in [0.15, 0.2) is 36.4 Å². The Morgan fingerprint density at radius 1 is 1.03 bits per heavy atom. The van der Waals surface area contributed by atoms with E-state index in [1.54, 1.807) is 31.4 Å². The van der Waals surface area contributed by atoms with E-state index in [0.717, 1.165) is 51.3 Å². The molecular formula is C25H33Cl2N3O3. The fourth-order valence-electron chi connectivity index (χ4n) is 3.89. The highest BCUT2D eigenvalue weighted by atomic mass is 35.5. The van der Waals surface area contributed by atoms with Gasteiger partial charge in [-0.2, -0.15) is 0 Å². The van der Waals surface area contributed by atoms with Crippen molar-refractivity contribution >= 4 is 29.1 Å². The molecule has 1 aliphatic heterocycles. The van der Waals surface area contributed by atoms with Crippen LogP contribution in [-0.4, -0.2) is 87.7 Å². The Morgan fingerprint density at radius 3 is 2.45 bits per heavy atom. The third-order valence-electron chi connectivity index (χ3n) is 5.79. The van der Waals surface area contributed by atoms with Gasteiger partial charge < -0.3 is 19.3 Å². The van der Waals surface area contributed by atoms with Crippen LogP contribution in [0, 0.1) is 0 Å². The predicted octanol–water partition coefficient (Wildman–Crippen LogP) is 4.33. The molecule has 0 spiro atoms. The van der Waals surface area contributed by atoms with Gasteiger partial charge in [0.25, 0.3) is 5.91 Å². The average Bonchev–Trinajstić information content (AvgIpc) is 2.80. The summed E-state index contributed by atoms with van der Waals surface area (Å²) < 4.78 is 11.4. The molecule has 0 radical (unpaired) electrons. The number of nitrogens with zero attached hydrogens (tertiary/aromatic N) is 3. The minimum absolute atomic E-state index is 0.0243. The SMILES string of the molecule is COc1ccc(C(=O)N2CCN(CCCN(C)C)CC2)cc1OCCc1ccc(Cl)cc1Cl. The highest BCUT2D eigenvalue weighted by molar-refractivity contribution is 6.35. The summed E-state index contributed by atoms with van der Waals surface area (Å²) in [5.41, 5.74) is 1.56. The molecule has 8 heteroatoms. The Balaban J connectivity index is 1.56. The van der Waals surface area contributed by atoms with Crippen LogP contribution in [0.2, 0.25) is 10.0 Å². The van der Waals surface area contributed by atoms with Crippen molar-refractivity contribution in [3.63, 3.8) is 0 Å². The minimum Gasteiger partial charge on any atom is -0.493 e. The fraction of sp³-hybridized carbons (Fsp3) is 0.480. The van der Waals surface area contributed by atoms with Crippen LogP contribution in [0.25, 0.3) is 0 Å². The molecule has 1 aliphatic rings. The van der Waals surface area contributed by atoms with E-state index in [0.29, 0.717) is 40.1 Å². The highest BCUT2D eigenvalue weighted by Gasteiger charge is 2.23. The molecule has 0 unspecified atom stereocenters. The lowest BCUT2D eigenvalue weighted by Crippen LogP contribution is -2.49. The van der Waals surface area contributed by atoms with Gasteiger partial charge in [0.1, 0.15) is 0 Å². The van der Waals surface area contributed by atoms with Gasteiger partial charge in [0.2, 0.25) is 0 Å². The predicted molar refractivity (Wildman–Crippen MR) is 134 cm³/mol. The first-order valence-electron chi connectivity index (χ1n) is 11.3. The van der Waals surface area contributed by atoms with Crippen LogP contribution >= 0.6 is 23.2 Å². The van der Waals surface area contributed by atoms with Gasteiger partial charge >= 0.3 is 0 Å². The number of methoxy groups -OCH3 is 1. The fourth-order valence-corrected chi connectivity index (χ4v) is 4.39. The first kappa shape index (κ1) is 25.6. The molecule has 0 bridgehead atoms. The Hall–Kier alpha value is -1.99. The molecule has 3 rings (SSSR count). The topological polar surface area (TPSA) is 45.2 Å². The van der Waals surface area contributed by atoms with Gasteiger partial charge in [-0.3, -0.25) is 9.69 Å². The van der Waals surface area contributed by atoms with E-state index in [9.17, 15) is 4.79 Å². The van der Waals surface area contributed by atoms with E-state index in [-0.39, 0.29) is 5.91 Å². The number of ether oxygens (including phenoxy) is 2. The standard InChI is InChI=1S/C25H33Cl2N3O3/c1-28(2)10-4-11-29-12-14-30(15-13-29)25(31)20-6-8-23(32-3)24(17-20)33-16-9-19-5-7-21(26)18-22(19)27/h5-8,17-18H,4,9-16H2,1-3H3. The normalized spacial score (nSPS) is 14.5. The maximum Gasteiger partial charge on any atom is 0.254 e. The lowest BCUT2D eigenvalue weighted by Gasteiger charge is -2.35. The molecule has 0 atom stereocenters. The summed E-state index contributed by atoms with van der Waals surface area (Å²) in [5.74, 6) is 1.17. The number of halogens is 2. The first-order chi connectivity index (χ1) is 15.9. The Bertz CT molecular complexity index is 931. The van der Waals surface area contributed by atoms with E-state index in [2.05, 4.69) is 23.9 Å². The Kier molecular flexibility index (Phi) is 9.68. The van der Waals surface area contributed by atoms with Gasteiger partial charge in [0.15, 0.2) is 11.5 Å². The van der Waals surface area contributed by atoms with Crippen LogP contribution < -0.4 is 9.47 Å². The average molecular weight is 494 g/mol. The van der Waals surface area contributed by atoms with Gasteiger partial charge in [-0.15, -0.1) is 0 Å². The molecule has 0 aliphatic carbocycles. The smallest absolute Gasteiger partial charge is 0.254 e. The van der Waals surface area contributed by atoms with Gasteiger partial charge in [-0.1, -0.05) is 29.3 Å². The molecule has 180 valence electrons. The van der Waals surface area contributed by atoms with E-state index in [4.69, 9.17) is 32.7 Å². The molecule has 1 fully saturated rings.